The van der Waals surface area contributed by atoms with Crippen LogP contribution >= 0.6 is 0 Å². The van der Waals surface area contributed by atoms with Gasteiger partial charge in [0.15, 0.2) is 0 Å². The van der Waals surface area contributed by atoms with Gasteiger partial charge in [-0.1, -0.05) is 44.2 Å². The highest BCUT2D eigenvalue weighted by Gasteiger charge is 2.35. The number of aromatic amines is 1. The van der Waals surface area contributed by atoms with Crippen LogP contribution in [0.4, 0.5) is 0 Å². The number of hydrogen-bond donors (Lipinski definition) is 1. The van der Waals surface area contributed by atoms with Gasteiger partial charge in [-0.25, -0.2) is 4.79 Å². The van der Waals surface area contributed by atoms with E-state index in [4.69, 9.17) is 4.74 Å². The lowest BCUT2D eigenvalue weighted by atomic mass is 9.78. The number of H-pyrrole nitrogens is 1. The highest BCUT2D eigenvalue weighted by molar-refractivity contribution is 5.95. The molecule has 0 aliphatic rings. The predicted molar refractivity (Wildman–Crippen MR) is 118 cm³/mol. The van der Waals surface area contributed by atoms with Crippen LogP contribution in [0.25, 0.3) is 0 Å². The monoisotopic (exact) mass is 411 g/mol. The van der Waals surface area contributed by atoms with Crippen molar-refractivity contribution < 1.29 is 19.1 Å². The molecule has 0 saturated carbocycles. The van der Waals surface area contributed by atoms with Crippen LogP contribution in [0.1, 0.15) is 86.8 Å². The first-order valence-corrected chi connectivity index (χ1v) is 10.3. The zero-order valence-electron chi connectivity index (χ0n) is 19.3. The van der Waals surface area contributed by atoms with E-state index in [0.717, 1.165) is 16.7 Å². The number of ether oxygens (including phenoxy) is 1. The first kappa shape index (κ1) is 23.6. The second-order valence-corrected chi connectivity index (χ2v) is 9.59. The Hall–Kier alpha value is -2.69. The zero-order chi connectivity index (χ0) is 22.9. The molecule has 162 valence electrons. The third-order valence-corrected chi connectivity index (χ3v) is 5.52. The number of nitrogens with one attached hydrogen (secondary N) is 1. The molecule has 0 amide bonds. The lowest BCUT2D eigenvalue weighted by molar-refractivity contribution is -0.131. The maximum atomic E-state index is 13.4. The molecule has 0 saturated heterocycles. The smallest absolute Gasteiger partial charge is 0.355 e. The molecule has 5 nitrogen and oxygen atoms in total. The van der Waals surface area contributed by atoms with Gasteiger partial charge < -0.3 is 9.72 Å². The van der Waals surface area contributed by atoms with Gasteiger partial charge >= 0.3 is 5.97 Å². The van der Waals surface area contributed by atoms with Crippen molar-refractivity contribution in [2.45, 2.75) is 73.3 Å². The number of benzene rings is 1. The Morgan fingerprint density at radius 2 is 1.53 bits per heavy atom. The van der Waals surface area contributed by atoms with E-state index in [0.29, 0.717) is 11.4 Å². The summed E-state index contributed by atoms with van der Waals surface area (Å²) < 4.78 is 5.53. The van der Waals surface area contributed by atoms with Crippen LogP contribution in [0.15, 0.2) is 30.3 Å². The van der Waals surface area contributed by atoms with E-state index in [1.165, 1.54) is 6.92 Å². The van der Waals surface area contributed by atoms with Crippen molar-refractivity contribution in [1.29, 1.82) is 0 Å². The average Bonchev–Trinajstić information content (AvgIpc) is 2.90. The lowest BCUT2D eigenvalue weighted by Crippen LogP contribution is -2.28. The van der Waals surface area contributed by atoms with Crippen LogP contribution in [-0.2, 0) is 14.3 Å². The molecule has 1 atom stereocenters. The van der Waals surface area contributed by atoms with E-state index in [-0.39, 0.29) is 18.0 Å². The largest absolute Gasteiger partial charge is 0.455 e. The van der Waals surface area contributed by atoms with Gasteiger partial charge in [-0.2, -0.15) is 0 Å². The number of esters is 1. The van der Waals surface area contributed by atoms with Crippen LogP contribution in [0.3, 0.4) is 0 Å². The number of hydrogen-bond acceptors (Lipinski definition) is 4. The van der Waals surface area contributed by atoms with Crippen LogP contribution in [-0.4, -0.2) is 28.1 Å². The number of Topliss-reactive ketones (excluding diaryl/α,β-unsaturated/α-hetero) is 2. The van der Waals surface area contributed by atoms with Gasteiger partial charge in [0.1, 0.15) is 22.9 Å². The number of aromatic nitrogens is 1. The van der Waals surface area contributed by atoms with Gasteiger partial charge in [-0.15, -0.1) is 0 Å². The molecule has 0 radical (unpaired) electrons. The SMILES string of the molecule is CC(=O)C(C)(C)CC(=O)C(c1ccccc1)c1[nH]c(C(=O)OC(C)(C)C)c(C)c1C. The van der Waals surface area contributed by atoms with Gasteiger partial charge in [0, 0.05) is 17.5 Å². The van der Waals surface area contributed by atoms with Crippen LogP contribution in [0, 0.1) is 19.3 Å². The van der Waals surface area contributed by atoms with E-state index in [1.54, 1.807) is 13.8 Å². The predicted octanol–water partition coefficient (Wildman–Crippen LogP) is 5.29. The van der Waals surface area contributed by atoms with Gasteiger partial charge in [-0.3, -0.25) is 9.59 Å². The Labute approximate surface area is 179 Å². The van der Waals surface area contributed by atoms with Crippen molar-refractivity contribution in [1.82, 2.24) is 4.98 Å². The summed E-state index contributed by atoms with van der Waals surface area (Å²) in [5.74, 6) is -1.14. The zero-order valence-corrected chi connectivity index (χ0v) is 19.3. The molecule has 2 rings (SSSR count). The van der Waals surface area contributed by atoms with Crippen molar-refractivity contribution >= 4 is 17.5 Å². The molecule has 1 unspecified atom stereocenters. The van der Waals surface area contributed by atoms with Gasteiger partial charge in [0.05, 0.1) is 5.92 Å². The lowest BCUT2D eigenvalue weighted by Gasteiger charge is -2.24. The fraction of sp³-hybridized carbons (Fsp3) is 0.480. The van der Waals surface area contributed by atoms with Crippen molar-refractivity contribution in [3.63, 3.8) is 0 Å². The highest BCUT2D eigenvalue weighted by atomic mass is 16.6. The summed E-state index contributed by atoms with van der Waals surface area (Å²) in [7, 11) is 0. The summed E-state index contributed by atoms with van der Waals surface area (Å²) in [6.07, 6.45) is 0.112. The molecule has 0 aliphatic heterocycles. The first-order chi connectivity index (χ1) is 13.7. The average molecular weight is 412 g/mol. The Morgan fingerprint density at radius 1 is 0.967 bits per heavy atom. The first-order valence-electron chi connectivity index (χ1n) is 10.3. The molecular weight excluding hydrogens is 378 g/mol. The number of carbonyl (C=O) groups is 3. The molecule has 1 aromatic carbocycles. The molecule has 5 heteroatoms. The van der Waals surface area contributed by atoms with Gasteiger partial charge in [0.25, 0.3) is 0 Å². The van der Waals surface area contributed by atoms with Crippen molar-refractivity contribution in [3.8, 4) is 0 Å². The highest BCUT2D eigenvalue weighted by Crippen LogP contribution is 2.35. The molecule has 1 aromatic heterocycles. The minimum atomic E-state index is -0.756. The molecule has 1 N–H and O–H groups in total. The Bertz CT molecular complexity index is 946. The summed E-state index contributed by atoms with van der Waals surface area (Å²) in [4.78, 5) is 41.4. The van der Waals surface area contributed by atoms with E-state index < -0.39 is 22.9 Å². The van der Waals surface area contributed by atoms with E-state index in [9.17, 15) is 14.4 Å². The summed E-state index contributed by atoms with van der Waals surface area (Å²) >= 11 is 0. The fourth-order valence-electron chi connectivity index (χ4n) is 3.35. The van der Waals surface area contributed by atoms with Crippen molar-refractivity contribution in [2.75, 3.05) is 0 Å². The number of ketones is 2. The summed E-state index contributed by atoms with van der Waals surface area (Å²) in [5, 5.41) is 0. The van der Waals surface area contributed by atoms with Gasteiger partial charge in [-0.05, 0) is 58.2 Å². The normalized spacial score (nSPS) is 13.1. The number of rotatable bonds is 7. The molecule has 1 heterocycles. The minimum Gasteiger partial charge on any atom is -0.455 e. The Morgan fingerprint density at radius 3 is 2.03 bits per heavy atom. The van der Waals surface area contributed by atoms with Crippen LogP contribution in [0.2, 0.25) is 0 Å². The molecule has 0 spiro atoms. The standard InChI is InChI=1S/C25H33NO4/c1-15-16(2)22(23(29)30-24(4,5)6)26-21(15)20(18-12-10-9-11-13-18)19(28)14-25(7,8)17(3)27/h9-13,20,26H,14H2,1-8H3. The summed E-state index contributed by atoms with van der Waals surface area (Å²) in [5.41, 5.74) is 2.08. The van der Waals surface area contributed by atoms with E-state index in [2.05, 4.69) is 4.98 Å². The molecule has 2 aromatic rings. The topological polar surface area (TPSA) is 76.2 Å². The molecule has 0 fully saturated rings. The van der Waals surface area contributed by atoms with Crippen LogP contribution in [0.5, 0.6) is 0 Å². The third-order valence-electron chi connectivity index (χ3n) is 5.52. The molecular formula is C25H33NO4. The maximum Gasteiger partial charge on any atom is 0.355 e. The molecule has 30 heavy (non-hydrogen) atoms. The summed E-state index contributed by atoms with van der Waals surface area (Å²) in [6, 6.07) is 9.44. The molecule has 0 bridgehead atoms. The molecule has 0 aliphatic carbocycles. The second kappa shape index (κ2) is 8.58. The van der Waals surface area contributed by atoms with E-state index >= 15 is 0 Å². The quantitative estimate of drug-likeness (QED) is 0.628. The van der Waals surface area contributed by atoms with E-state index in [1.807, 2.05) is 65.0 Å². The minimum absolute atomic E-state index is 0.0310. The Balaban J connectivity index is 2.55. The second-order valence-electron chi connectivity index (χ2n) is 9.59. The fourth-order valence-corrected chi connectivity index (χ4v) is 3.35. The summed E-state index contributed by atoms with van der Waals surface area (Å²) in [6.45, 7) is 14.3. The van der Waals surface area contributed by atoms with Crippen LogP contribution < -0.4 is 0 Å². The number of carbonyl (C=O) groups excluding carboxylic acids is 3. The van der Waals surface area contributed by atoms with Crippen molar-refractivity contribution in [2.24, 2.45) is 5.41 Å². The third kappa shape index (κ3) is 5.26. The van der Waals surface area contributed by atoms with Gasteiger partial charge in [0.2, 0.25) is 0 Å². The maximum absolute atomic E-state index is 13.4. The Kier molecular flexibility index (Phi) is 6.75. The van der Waals surface area contributed by atoms with Crippen molar-refractivity contribution in [3.05, 3.63) is 58.4 Å².